The van der Waals surface area contributed by atoms with Crippen molar-refractivity contribution < 1.29 is 5.21 Å². The minimum atomic E-state index is 0.116. The molecule has 0 aromatic carbocycles. The van der Waals surface area contributed by atoms with Crippen molar-refractivity contribution in [3.8, 4) is 0 Å². The standard InChI is InChI=1S/C14H23N5O/c1-10-4-7-16-14(12(10)13(15)17-20)19(3)11-5-8-18(2)9-6-11/h4,7,11,20H,5-6,8-9H2,1-3H3,(H2,15,17). The molecule has 2 heterocycles. The molecule has 0 bridgehead atoms. The van der Waals surface area contributed by atoms with E-state index in [0.717, 1.165) is 42.9 Å². The van der Waals surface area contributed by atoms with Crippen LogP contribution in [0.15, 0.2) is 17.4 Å². The fraction of sp³-hybridized carbons (Fsp3) is 0.571. The van der Waals surface area contributed by atoms with Crippen LogP contribution in [0.2, 0.25) is 0 Å². The zero-order chi connectivity index (χ0) is 14.7. The van der Waals surface area contributed by atoms with Gasteiger partial charge in [-0.05, 0) is 51.5 Å². The normalized spacial score (nSPS) is 18.2. The first kappa shape index (κ1) is 14.6. The molecule has 0 spiro atoms. The molecule has 0 unspecified atom stereocenters. The second kappa shape index (κ2) is 6.09. The van der Waals surface area contributed by atoms with Gasteiger partial charge in [0, 0.05) is 19.3 Å². The van der Waals surface area contributed by atoms with Gasteiger partial charge in [-0.1, -0.05) is 5.16 Å². The smallest absolute Gasteiger partial charge is 0.174 e. The Bertz CT molecular complexity index is 494. The fourth-order valence-corrected chi connectivity index (χ4v) is 2.73. The van der Waals surface area contributed by atoms with Crippen molar-refractivity contribution in [2.45, 2.75) is 25.8 Å². The Morgan fingerprint density at radius 1 is 1.50 bits per heavy atom. The maximum Gasteiger partial charge on any atom is 0.174 e. The summed E-state index contributed by atoms with van der Waals surface area (Å²) in [5, 5.41) is 12.1. The molecular formula is C14H23N5O. The van der Waals surface area contributed by atoms with Crippen LogP contribution in [0.5, 0.6) is 0 Å². The van der Waals surface area contributed by atoms with Gasteiger partial charge in [0.15, 0.2) is 5.84 Å². The molecule has 0 saturated carbocycles. The van der Waals surface area contributed by atoms with Crippen LogP contribution >= 0.6 is 0 Å². The molecule has 0 radical (unpaired) electrons. The molecule has 0 aliphatic carbocycles. The third-order valence-corrected chi connectivity index (χ3v) is 4.07. The molecule has 1 aliphatic heterocycles. The van der Waals surface area contributed by atoms with E-state index in [1.165, 1.54) is 0 Å². The van der Waals surface area contributed by atoms with Crippen LogP contribution in [0.25, 0.3) is 0 Å². The Morgan fingerprint density at radius 2 is 2.15 bits per heavy atom. The quantitative estimate of drug-likeness (QED) is 0.373. The maximum atomic E-state index is 8.97. The number of hydrogen-bond acceptors (Lipinski definition) is 5. The largest absolute Gasteiger partial charge is 0.409 e. The Hall–Kier alpha value is -1.82. The summed E-state index contributed by atoms with van der Waals surface area (Å²) in [7, 11) is 4.18. The molecule has 0 amide bonds. The van der Waals surface area contributed by atoms with E-state index in [0.29, 0.717) is 6.04 Å². The molecule has 1 saturated heterocycles. The van der Waals surface area contributed by atoms with Gasteiger partial charge in [-0.15, -0.1) is 0 Å². The van der Waals surface area contributed by atoms with Crippen LogP contribution in [0.3, 0.4) is 0 Å². The lowest BCUT2D eigenvalue weighted by Gasteiger charge is -2.36. The lowest BCUT2D eigenvalue weighted by Crippen LogP contribution is -2.43. The van der Waals surface area contributed by atoms with E-state index in [-0.39, 0.29) is 5.84 Å². The van der Waals surface area contributed by atoms with Crippen molar-refractivity contribution in [3.05, 3.63) is 23.4 Å². The first-order valence-electron chi connectivity index (χ1n) is 6.89. The molecule has 1 fully saturated rings. The van der Waals surface area contributed by atoms with Gasteiger partial charge in [0.25, 0.3) is 0 Å². The van der Waals surface area contributed by atoms with Crippen LogP contribution in [0, 0.1) is 6.92 Å². The summed E-state index contributed by atoms with van der Waals surface area (Å²) in [5.74, 6) is 0.903. The summed E-state index contributed by atoms with van der Waals surface area (Å²) in [6.07, 6.45) is 3.96. The van der Waals surface area contributed by atoms with Gasteiger partial charge >= 0.3 is 0 Å². The second-order valence-corrected chi connectivity index (χ2v) is 5.46. The Morgan fingerprint density at radius 3 is 2.75 bits per heavy atom. The molecule has 6 heteroatoms. The van der Waals surface area contributed by atoms with Gasteiger partial charge in [0.2, 0.25) is 0 Å². The summed E-state index contributed by atoms with van der Waals surface area (Å²) in [6, 6.07) is 2.31. The van der Waals surface area contributed by atoms with Gasteiger partial charge < -0.3 is 20.7 Å². The summed E-state index contributed by atoms with van der Waals surface area (Å²) in [6.45, 7) is 4.11. The van der Waals surface area contributed by atoms with E-state index >= 15 is 0 Å². The molecule has 1 aliphatic rings. The lowest BCUT2D eigenvalue weighted by molar-refractivity contribution is 0.252. The fourth-order valence-electron chi connectivity index (χ4n) is 2.73. The summed E-state index contributed by atoms with van der Waals surface area (Å²) in [4.78, 5) is 8.93. The van der Waals surface area contributed by atoms with Crippen LogP contribution < -0.4 is 10.6 Å². The summed E-state index contributed by atoms with van der Waals surface area (Å²) in [5.41, 5.74) is 7.49. The number of hydrogen-bond donors (Lipinski definition) is 2. The highest BCUT2D eigenvalue weighted by Crippen LogP contribution is 2.25. The minimum absolute atomic E-state index is 0.116. The van der Waals surface area contributed by atoms with Gasteiger partial charge in [-0.3, -0.25) is 0 Å². The van der Waals surface area contributed by atoms with Crippen LogP contribution in [0.1, 0.15) is 24.0 Å². The number of rotatable bonds is 3. The second-order valence-electron chi connectivity index (χ2n) is 5.46. The van der Waals surface area contributed by atoms with Crippen molar-refractivity contribution in [2.75, 3.05) is 32.1 Å². The van der Waals surface area contributed by atoms with Crippen molar-refractivity contribution in [2.24, 2.45) is 10.9 Å². The van der Waals surface area contributed by atoms with Crippen LogP contribution in [-0.2, 0) is 0 Å². The van der Waals surface area contributed by atoms with E-state index in [4.69, 9.17) is 10.9 Å². The number of likely N-dealkylation sites (tertiary alicyclic amines) is 1. The Labute approximate surface area is 119 Å². The molecule has 6 nitrogen and oxygen atoms in total. The molecule has 110 valence electrons. The van der Waals surface area contributed by atoms with E-state index in [1.807, 2.05) is 20.0 Å². The maximum absolute atomic E-state index is 8.97. The predicted molar refractivity (Wildman–Crippen MR) is 80.4 cm³/mol. The number of aryl methyl sites for hydroxylation is 1. The number of aromatic nitrogens is 1. The van der Waals surface area contributed by atoms with E-state index in [9.17, 15) is 0 Å². The predicted octanol–water partition coefficient (Wildman–Crippen LogP) is 1.01. The van der Waals surface area contributed by atoms with Crippen molar-refractivity contribution in [3.63, 3.8) is 0 Å². The molecule has 1 aromatic rings. The monoisotopic (exact) mass is 277 g/mol. The van der Waals surface area contributed by atoms with Gasteiger partial charge in [0.05, 0.1) is 5.56 Å². The average molecular weight is 277 g/mol. The summed E-state index contributed by atoms with van der Waals surface area (Å²) >= 11 is 0. The zero-order valence-corrected chi connectivity index (χ0v) is 12.4. The first-order valence-corrected chi connectivity index (χ1v) is 6.89. The van der Waals surface area contributed by atoms with Crippen molar-refractivity contribution >= 4 is 11.7 Å². The molecular weight excluding hydrogens is 254 g/mol. The minimum Gasteiger partial charge on any atom is -0.409 e. The number of nitrogens with zero attached hydrogens (tertiary/aromatic N) is 4. The highest BCUT2D eigenvalue weighted by molar-refractivity contribution is 6.02. The highest BCUT2D eigenvalue weighted by Gasteiger charge is 2.24. The Kier molecular flexibility index (Phi) is 4.44. The van der Waals surface area contributed by atoms with Crippen molar-refractivity contribution in [1.29, 1.82) is 0 Å². The summed E-state index contributed by atoms with van der Waals surface area (Å²) < 4.78 is 0. The third-order valence-electron chi connectivity index (χ3n) is 4.07. The zero-order valence-electron chi connectivity index (χ0n) is 12.4. The van der Waals surface area contributed by atoms with Crippen LogP contribution in [-0.4, -0.2) is 54.2 Å². The van der Waals surface area contributed by atoms with E-state index in [2.05, 4.69) is 27.0 Å². The first-order chi connectivity index (χ1) is 9.54. The number of amidine groups is 1. The van der Waals surface area contributed by atoms with Crippen molar-refractivity contribution in [1.82, 2.24) is 9.88 Å². The number of piperidine rings is 1. The highest BCUT2D eigenvalue weighted by atomic mass is 16.4. The Balaban J connectivity index is 2.30. The molecule has 3 N–H and O–H groups in total. The molecule has 2 rings (SSSR count). The number of oxime groups is 1. The average Bonchev–Trinajstić information content (AvgIpc) is 2.46. The molecule has 20 heavy (non-hydrogen) atoms. The SMILES string of the molecule is Cc1ccnc(N(C)C2CCN(C)CC2)c1/C(N)=N/O. The number of anilines is 1. The van der Waals surface area contributed by atoms with E-state index in [1.54, 1.807) is 6.20 Å². The van der Waals surface area contributed by atoms with E-state index < -0.39 is 0 Å². The molecule has 0 atom stereocenters. The van der Waals surface area contributed by atoms with Crippen LogP contribution in [0.4, 0.5) is 5.82 Å². The number of pyridine rings is 1. The number of nitrogens with two attached hydrogens (primary N) is 1. The topological polar surface area (TPSA) is 78.0 Å². The molecule has 1 aromatic heterocycles. The van der Waals surface area contributed by atoms with Gasteiger partial charge in [0.1, 0.15) is 5.82 Å². The van der Waals surface area contributed by atoms with Gasteiger partial charge in [-0.2, -0.15) is 0 Å². The lowest BCUT2D eigenvalue weighted by atomic mass is 10.0. The van der Waals surface area contributed by atoms with Gasteiger partial charge in [-0.25, -0.2) is 4.98 Å². The third kappa shape index (κ3) is 2.85.